The third-order valence-electron chi connectivity index (χ3n) is 4.97. The summed E-state index contributed by atoms with van der Waals surface area (Å²) in [5.74, 6) is -5.11. The number of hydrogen-bond acceptors (Lipinski definition) is 7. The number of nitrogens with one attached hydrogen (secondary N) is 4. The van der Waals surface area contributed by atoms with Gasteiger partial charge in [-0.25, -0.2) is 4.79 Å². The van der Waals surface area contributed by atoms with Gasteiger partial charge in [-0.1, -0.05) is 18.2 Å². The average molecular weight is 477 g/mol. The van der Waals surface area contributed by atoms with E-state index in [2.05, 4.69) is 20.9 Å². The summed E-state index contributed by atoms with van der Waals surface area (Å²) in [7, 11) is 0. The highest BCUT2D eigenvalue weighted by Crippen LogP contribution is 2.18. The maximum absolute atomic E-state index is 12.4. The summed E-state index contributed by atoms with van der Waals surface area (Å²) in [5.41, 5.74) is 7.64. The molecule has 2 rings (SSSR count). The number of aliphatic carboxylic acids is 2. The maximum Gasteiger partial charge on any atom is 0.326 e. The van der Waals surface area contributed by atoms with Crippen LogP contribution in [0.4, 0.5) is 0 Å². The fourth-order valence-electron chi connectivity index (χ4n) is 3.16. The average Bonchev–Trinajstić information content (AvgIpc) is 3.20. The quantitative estimate of drug-likeness (QED) is 0.160. The molecule has 34 heavy (non-hydrogen) atoms. The normalized spacial score (nSPS) is 13.5. The van der Waals surface area contributed by atoms with E-state index in [1.807, 2.05) is 24.3 Å². The molecule has 2 aromatic rings. The van der Waals surface area contributed by atoms with Crippen molar-refractivity contribution >= 4 is 40.6 Å². The Morgan fingerprint density at radius 3 is 2.35 bits per heavy atom. The zero-order valence-electron chi connectivity index (χ0n) is 18.1. The number of carboxylic acids is 2. The summed E-state index contributed by atoms with van der Waals surface area (Å²) in [5, 5.41) is 34.6. The number of H-pyrrole nitrogens is 1. The Kier molecular flexibility index (Phi) is 9.52. The second-order valence-corrected chi connectivity index (χ2v) is 7.52. The van der Waals surface area contributed by atoms with Crippen LogP contribution in [0.25, 0.3) is 10.9 Å². The number of para-hydroxylation sites is 1. The van der Waals surface area contributed by atoms with Gasteiger partial charge in [-0.15, -0.1) is 0 Å². The number of carbonyl (C=O) groups is 5. The van der Waals surface area contributed by atoms with Crippen LogP contribution in [0, 0.1) is 0 Å². The van der Waals surface area contributed by atoms with Crippen molar-refractivity contribution in [2.24, 2.45) is 5.73 Å². The van der Waals surface area contributed by atoms with E-state index in [1.165, 1.54) is 0 Å². The third-order valence-corrected chi connectivity index (χ3v) is 4.97. The number of fused-ring (bicyclic) bond motifs is 1. The van der Waals surface area contributed by atoms with Gasteiger partial charge in [0.15, 0.2) is 0 Å². The molecule has 0 bridgehead atoms. The fraction of sp³-hybridized carbons (Fsp3) is 0.381. The number of rotatable bonds is 13. The number of carboxylic acid groups (broad SMARTS) is 2. The van der Waals surface area contributed by atoms with E-state index in [-0.39, 0.29) is 12.8 Å². The molecule has 1 heterocycles. The molecule has 9 N–H and O–H groups in total. The van der Waals surface area contributed by atoms with Crippen molar-refractivity contribution in [3.05, 3.63) is 36.0 Å². The first-order valence-corrected chi connectivity index (χ1v) is 10.4. The van der Waals surface area contributed by atoms with Crippen LogP contribution < -0.4 is 21.7 Å². The first-order chi connectivity index (χ1) is 16.1. The van der Waals surface area contributed by atoms with E-state index in [1.54, 1.807) is 6.20 Å². The minimum atomic E-state index is -1.45. The largest absolute Gasteiger partial charge is 0.481 e. The van der Waals surface area contributed by atoms with Gasteiger partial charge in [0.2, 0.25) is 17.7 Å². The predicted octanol–water partition coefficient (Wildman–Crippen LogP) is -1.93. The molecule has 1 aromatic heterocycles. The lowest BCUT2D eigenvalue weighted by atomic mass is 10.0. The Morgan fingerprint density at radius 1 is 1.00 bits per heavy atom. The molecule has 0 fully saturated rings. The van der Waals surface area contributed by atoms with Crippen molar-refractivity contribution in [1.82, 2.24) is 20.9 Å². The van der Waals surface area contributed by atoms with Gasteiger partial charge in [0, 0.05) is 23.5 Å². The molecule has 13 nitrogen and oxygen atoms in total. The Labute approximate surface area is 193 Å². The highest BCUT2D eigenvalue weighted by molar-refractivity contribution is 5.93. The third kappa shape index (κ3) is 7.56. The van der Waals surface area contributed by atoms with Crippen molar-refractivity contribution in [1.29, 1.82) is 0 Å². The van der Waals surface area contributed by atoms with Crippen LogP contribution in [0.3, 0.4) is 0 Å². The minimum absolute atomic E-state index is 0.172. The zero-order chi connectivity index (χ0) is 25.3. The molecule has 3 atom stereocenters. The van der Waals surface area contributed by atoms with Crippen LogP contribution in [0.5, 0.6) is 0 Å². The maximum atomic E-state index is 12.4. The van der Waals surface area contributed by atoms with Gasteiger partial charge >= 0.3 is 11.9 Å². The van der Waals surface area contributed by atoms with Crippen LogP contribution in [-0.2, 0) is 30.4 Å². The number of aromatic nitrogens is 1. The smallest absolute Gasteiger partial charge is 0.326 e. The Balaban J connectivity index is 1.85. The number of benzene rings is 1. The summed E-state index contributed by atoms with van der Waals surface area (Å²) in [6.07, 6.45) is 1.09. The van der Waals surface area contributed by atoms with Gasteiger partial charge in [0.05, 0.1) is 19.2 Å². The van der Waals surface area contributed by atoms with Gasteiger partial charge in [0.1, 0.15) is 12.1 Å². The second-order valence-electron chi connectivity index (χ2n) is 7.52. The molecule has 0 saturated heterocycles. The highest BCUT2D eigenvalue weighted by Gasteiger charge is 2.25. The molecule has 0 saturated carbocycles. The standard InChI is InChI=1S/C21H27N5O8/c22-13(7-11-8-23-14-4-2-1-3-12(11)14)19(31)26-16(10-27)20(32)24-9-17(28)25-15(21(33)34)5-6-18(29)30/h1-4,8,13,15-16,23,27H,5-7,9-10,22H2,(H,24,32)(H,25,28)(H,26,31)(H,29,30)(H,33,34). The fourth-order valence-corrected chi connectivity index (χ4v) is 3.16. The van der Waals surface area contributed by atoms with Crippen molar-refractivity contribution in [2.45, 2.75) is 37.4 Å². The molecule has 0 spiro atoms. The van der Waals surface area contributed by atoms with Crippen LogP contribution in [0.1, 0.15) is 18.4 Å². The molecule has 0 aliphatic carbocycles. The molecular formula is C21H27N5O8. The van der Waals surface area contributed by atoms with Gasteiger partial charge in [-0.05, 0) is 24.5 Å². The van der Waals surface area contributed by atoms with Gasteiger partial charge in [0.25, 0.3) is 0 Å². The monoisotopic (exact) mass is 477 g/mol. The highest BCUT2D eigenvalue weighted by atomic mass is 16.4. The van der Waals surface area contributed by atoms with Crippen LogP contribution in [-0.4, -0.2) is 81.2 Å². The van der Waals surface area contributed by atoms with Crippen molar-refractivity contribution in [3.63, 3.8) is 0 Å². The predicted molar refractivity (Wildman–Crippen MR) is 118 cm³/mol. The Morgan fingerprint density at radius 2 is 1.71 bits per heavy atom. The molecule has 184 valence electrons. The number of carbonyl (C=O) groups excluding carboxylic acids is 3. The summed E-state index contributed by atoms with van der Waals surface area (Å²) in [4.78, 5) is 61.4. The van der Waals surface area contributed by atoms with Crippen LogP contribution >= 0.6 is 0 Å². The van der Waals surface area contributed by atoms with E-state index < -0.39 is 67.4 Å². The summed E-state index contributed by atoms with van der Waals surface area (Å²) < 4.78 is 0. The van der Waals surface area contributed by atoms with Gasteiger partial charge in [-0.3, -0.25) is 19.2 Å². The van der Waals surface area contributed by atoms with Crippen LogP contribution in [0.2, 0.25) is 0 Å². The van der Waals surface area contributed by atoms with Crippen molar-refractivity contribution in [2.75, 3.05) is 13.2 Å². The zero-order valence-corrected chi connectivity index (χ0v) is 18.1. The van der Waals surface area contributed by atoms with Gasteiger partial charge in [-0.2, -0.15) is 0 Å². The van der Waals surface area contributed by atoms with Crippen LogP contribution in [0.15, 0.2) is 30.5 Å². The summed E-state index contributed by atoms with van der Waals surface area (Å²) in [6.45, 7) is -1.42. The summed E-state index contributed by atoms with van der Waals surface area (Å²) in [6, 6.07) is 3.59. The molecule has 0 radical (unpaired) electrons. The molecule has 0 aliphatic heterocycles. The lowest BCUT2D eigenvalue weighted by Crippen LogP contribution is -2.55. The lowest BCUT2D eigenvalue weighted by molar-refractivity contribution is -0.143. The van der Waals surface area contributed by atoms with E-state index >= 15 is 0 Å². The minimum Gasteiger partial charge on any atom is -0.481 e. The number of hydrogen-bond donors (Lipinski definition) is 8. The molecule has 3 unspecified atom stereocenters. The molecular weight excluding hydrogens is 450 g/mol. The van der Waals surface area contributed by atoms with Crippen molar-refractivity contribution in [3.8, 4) is 0 Å². The molecule has 0 aliphatic rings. The molecule has 3 amide bonds. The number of aliphatic hydroxyl groups excluding tert-OH is 1. The van der Waals surface area contributed by atoms with Crippen molar-refractivity contribution < 1.29 is 39.3 Å². The first-order valence-electron chi connectivity index (χ1n) is 10.4. The molecule has 13 heteroatoms. The van der Waals surface area contributed by atoms with Gasteiger partial charge < -0.3 is 42.0 Å². The second kappa shape index (κ2) is 12.3. The Hall–Kier alpha value is -3.97. The number of nitrogens with two attached hydrogens (primary N) is 1. The van der Waals surface area contributed by atoms with E-state index in [4.69, 9.17) is 15.9 Å². The van der Waals surface area contributed by atoms with E-state index in [9.17, 15) is 29.1 Å². The number of aromatic amines is 1. The number of amides is 3. The van der Waals surface area contributed by atoms with E-state index in [0.717, 1.165) is 16.5 Å². The SMILES string of the molecule is NC(Cc1c[nH]c2ccccc12)C(=O)NC(CO)C(=O)NCC(=O)NC(CCC(=O)O)C(=O)O. The summed E-state index contributed by atoms with van der Waals surface area (Å²) >= 11 is 0. The Bertz CT molecular complexity index is 1050. The topological polar surface area (TPSA) is 224 Å². The lowest BCUT2D eigenvalue weighted by Gasteiger charge is -2.19. The van der Waals surface area contributed by atoms with E-state index in [0.29, 0.717) is 0 Å². The molecule has 1 aromatic carbocycles. The number of aliphatic hydroxyl groups is 1. The first kappa shape index (κ1) is 26.3.